The number of aromatic nitrogens is 3. The number of hydrogen-bond donors (Lipinski definition) is 0. The van der Waals surface area contributed by atoms with Crippen LogP contribution in [0.4, 0.5) is 4.39 Å². The minimum atomic E-state index is -0.600. The summed E-state index contributed by atoms with van der Waals surface area (Å²) < 4.78 is 15.5. The maximum absolute atomic E-state index is 13.7. The second-order valence-corrected chi connectivity index (χ2v) is 6.40. The zero-order chi connectivity index (χ0) is 19.0. The molecule has 0 radical (unpaired) electrons. The molecule has 2 heterocycles. The Bertz CT molecular complexity index is 1050. The highest BCUT2D eigenvalue weighted by atomic mass is 19.1. The van der Waals surface area contributed by atoms with E-state index in [4.69, 9.17) is 5.26 Å². The Balaban J connectivity index is 1.65. The van der Waals surface area contributed by atoms with E-state index in [0.717, 1.165) is 17.7 Å². The van der Waals surface area contributed by atoms with Gasteiger partial charge in [0.25, 0.3) is 5.91 Å². The van der Waals surface area contributed by atoms with Gasteiger partial charge in [0.05, 0.1) is 24.2 Å². The average molecular weight is 361 g/mol. The minimum Gasteiger partial charge on any atom is -0.327 e. The van der Waals surface area contributed by atoms with Crippen LogP contribution in [-0.2, 0) is 6.54 Å². The molecule has 0 aliphatic carbocycles. The molecule has 0 unspecified atom stereocenters. The van der Waals surface area contributed by atoms with Gasteiger partial charge in [-0.15, -0.1) is 0 Å². The van der Waals surface area contributed by atoms with E-state index in [9.17, 15) is 9.18 Å². The Morgan fingerprint density at radius 3 is 2.74 bits per heavy atom. The number of nitrogens with zero attached hydrogens (tertiary/aromatic N) is 5. The molecule has 1 aromatic heterocycles. The molecule has 1 aliphatic rings. The molecule has 0 saturated carbocycles. The first kappa shape index (κ1) is 16.9. The summed E-state index contributed by atoms with van der Waals surface area (Å²) in [4.78, 5) is 19.2. The normalized spacial score (nSPS) is 15.9. The lowest BCUT2D eigenvalue weighted by atomic mass is 10.1. The molecule has 0 spiro atoms. The SMILES string of the molecule is C[C@H]1c2nc(-c3ccccc3)nn2CCN1C(=O)c1cc(F)cc(C#N)c1. The van der Waals surface area contributed by atoms with Crippen LogP contribution in [0.15, 0.2) is 48.5 Å². The Hall–Kier alpha value is -3.53. The molecule has 7 heteroatoms. The fourth-order valence-electron chi connectivity index (χ4n) is 3.29. The van der Waals surface area contributed by atoms with E-state index in [0.29, 0.717) is 24.7 Å². The van der Waals surface area contributed by atoms with Crippen molar-refractivity contribution in [1.82, 2.24) is 19.7 Å². The summed E-state index contributed by atoms with van der Waals surface area (Å²) >= 11 is 0. The number of carbonyl (C=O) groups is 1. The molecule has 1 aliphatic heterocycles. The van der Waals surface area contributed by atoms with Gasteiger partial charge < -0.3 is 4.90 Å². The number of hydrogen-bond acceptors (Lipinski definition) is 4. The summed E-state index contributed by atoms with van der Waals surface area (Å²) in [5.41, 5.74) is 1.19. The molecule has 3 aromatic rings. The van der Waals surface area contributed by atoms with E-state index in [-0.39, 0.29) is 23.1 Å². The molecule has 1 amide bonds. The number of carbonyl (C=O) groups excluding carboxylic acids is 1. The quantitative estimate of drug-likeness (QED) is 0.703. The van der Waals surface area contributed by atoms with Crippen molar-refractivity contribution in [1.29, 1.82) is 5.26 Å². The first-order valence-corrected chi connectivity index (χ1v) is 8.58. The van der Waals surface area contributed by atoms with Gasteiger partial charge >= 0.3 is 0 Å². The van der Waals surface area contributed by atoms with Crippen LogP contribution in [0.2, 0.25) is 0 Å². The monoisotopic (exact) mass is 361 g/mol. The zero-order valence-electron chi connectivity index (χ0n) is 14.6. The van der Waals surface area contributed by atoms with Crippen LogP contribution < -0.4 is 0 Å². The van der Waals surface area contributed by atoms with Crippen LogP contribution in [0, 0.1) is 17.1 Å². The van der Waals surface area contributed by atoms with Gasteiger partial charge in [0.1, 0.15) is 11.6 Å². The number of nitriles is 1. The van der Waals surface area contributed by atoms with E-state index >= 15 is 0 Å². The average Bonchev–Trinajstić information content (AvgIpc) is 3.13. The second-order valence-electron chi connectivity index (χ2n) is 6.40. The summed E-state index contributed by atoms with van der Waals surface area (Å²) in [6, 6.07) is 14.9. The lowest BCUT2D eigenvalue weighted by Crippen LogP contribution is -2.41. The smallest absolute Gasteiger partial charge is 0.254 e. The van der Waals surface area contributed by atoms with Crippen molar-refractivity contribution in [3.8, 4) is 17.5 Å². The van der Waals surface area contributed by atoms with Gasteiger partial charge in [-0.25, -0.2) is 14.1 Å². The van der Waals surface area contributed by atoms with Gasteiger partial charge in [0, 0.05) is 17.7 Å². The zero-order valence-corrected chi connectivity index (χ0v) is 14.6. The second kappa shape index (κ2) is 6.65. The van der Waals surface area contributed by atoms with Crippen LogP contribution in [0.1, 0.15) is 34.7 Å². The van der Waals surface area contributed by atoms with Crippen molar-refractivity contribution in [2.75, 3.05) is 6.54 Å². The minimum absolute atomic E-state index is 0.123. The number of rotatable bonds is 2. The lowest BCUT2D eigenvalue weighted by molar-refractivity contribution is 0.0630. The third kappa shape index (κ3) is 3.06. The molecule has 0 saturated heterocycles. The van der Waals surface area contributed by atoms with Crippen LogP contribution >= 0.6 is 0 Å². The third-order valence-corrected chi connectivity index (χ3v) is 4.66. The summed E-state index contributed by atoms with van der Waals surface area (Å²) in [6.07, 6.45) is 0. The molecule has 6 nitrogen and oxygen atoms in total. The van der Waals surface area contributed by atoms with Gasteiger partial charge in [-0.2, -0.15) is 10.4 Å². The molecule has 4 rings (SSSR count). The number of halogens is 1. The molecular formula is C20H16FN5O. The lowest BCUT2D eigenvalue weighted by Gasteiger charge is -2.33. The fourth-order valence-corrected chi connectivity index (χ4v) is 3.29. The van der Waals surface area contributed by atoms with Crippen molar-refractivity contribution < 1.29 is 9.18 Å². The van der Waals surface area contributed by atoms with Crippen molar-refractivity contribution >= 4 is 5.91 Å². The van der Waals surface area contributed by atoms with Crippen molar-refractivity contribution in [2.24, 2.45) is 0 Å². The van der Waals surface area contributed by atoms with Crippen molar-refractivity contribution in [3.05, 3.63) is 71.3 Å². The Morgan fingerprint density at radius 1 is 1.22 bits per heavy atom. The molecule has 1 atom stereocenters. The third-order valence-electron chi connectivity index (χ3n) is 4.66. The largest absolute Gasteiger partial charge is 0.327 e. The van der Waals surface area contributed by atoms with E-state index in [1.54, 1.807) is 4.90 Å². The Labute approximate surface area is 155 Å². The van der Waals surface area contributed by atoms with Crippen LogP contribution in [0.5, 0.6) is 0 Å². The molecule has 0 fully saturated rings. The first-order valence-electron chi connectivity index (χ1n) is 8.58. The maximum atomic E-state index is 13.7. The molecule has 27 heavy (non-hydrogen) atoms. The Kier molecular flexibility index (Phi) is 4.16. The van der Waals surface area contributed by atoms with Gasteiger partial charge in [-0.1, -0.05) is 30.3 Å². The molecular weight excluding hydrogens is 345 g/mol. The van der Waals surface area contributed by atoms with Crippen molar-refractivity contribution in [2.45, 2.75) is 19.5 Å². The predicted octanol–water partition coefficient (Wildman–Crippen LogP) is 3.17. The van der Waals surface area contributed by atoms with Crippen LogP contribution in [0.25, 0.3) is 11.4 Å². The molecule has 0 N–H and O–H groups in total. The van der Waals surface area contributed by atoms with E-state index < -0.39 is 5.82 Å². The number of benzene rings is 2. The van der Waals surface area contributed by atoms with E-state index in [1.165, 1.54) is 6.07 Å². The fraction of sp³-hybridized carbons (Fsp3) is 0.200. The summed E-state index contributed by atoms with van der Waals surface area (Å²) in [7, 11) is 0. The van der Waals surface area contributed by atoms with Gasteiger partial charge in [0.2, 0.25) is 0 Å². The van der Waals surface area contributed by atoms with E-state index in [2.05, 4.69) is 10.1 Å². The predicted molar refractivity (Wildman–Crippen MR) is 96.0 cm³/mol. The van der Waals surface area contributed by atoms with Gasteiger partial charge in [-0.3, -0.25) is 4.79 Å². The summed E-state index contributed by atoms with van der Waals surface area (Å²) in [6.45, 7) is 2.81. The number of fused-ring (bicyclic) bond motifs is 1. The highest BCUT2D eigenvalue weighted by Crippen LogP contribution is 2.27. The highest BCUT2D eigenvalue weighted by molar-refractivity contribution is 5.95. The van der Waals surface area contributed by atoms with Crippen LogP contribution in [-0.4, -0.2) is 32.1 Å². The maximum Gasteiger partial charge on any atom is 0.254 e. The standard InChI is InChI=1S/C20H16FN5O/c1-13-19-23-18(15-5-3-2-4-6-15)24-26(19)8-7-25(13)20(27)16-9-14(12-22)10-17(21)11-16/h2-6,9-11,13H,7-8H2,1H3/t13-/m0/s1. The van der Waals surface area contributed by atoms with Gasteiger partial charge in [0.15, 0.2) is 5.82 Å². The topological polar surface area (TPSA) is 74.8 Å². The van der Waals surface area contributed by atoms with Gasteiger partial charge in [-0.05, 0) is 25.1 Å². The summed E-state index contributed by atoms with van der Waals surface area (Å²) in [5, 5.41) is 13.6. The van der Waals surface area contributed by atoms with Crippen molar-refractivity contribution in [3.63, 3.8) is 0 Å². The highest BCUT2D eigenvalue weighted by Gasteiger charge is 2.31. The Morgan fingerprint density at radius 2 is 2.00 bits per heavy atom. The van der Waals surface area contributed by atoms with E-state index in [1.807, 2.05) is 48.0 Å². The molecule has 2 aromatic carbocycles. The number of amides is 1. The first-order chi connectivity index (χ1) is 13.1. The van der Waals surface area contributed by atoms with Crippen LogP contribution in [0.3, 0.4) is 0 Å². The summed E-state index contributed by atoms with van der Waals surface area (Å²) in [5.74, 6) is 0.375. The molecule has 0 bridgehead atoms. The molecule has 134 valence electrons.